The van der Waals surface area contributed by atoms with Crippen molar-refractivity contribution in [2.45, 2.75) is 51.7 Å². The summed E-state index contributed by atoms with van der Waals surface area (Å²) in [5.41, 5.74) is 2.03. The summed E-state index contributed by atoms with van der Waals surface area (Å²) < 4.78 is 79.0. The lowest BCUT2D eigenvalue weighted by Crippen LogP contribution is -2.48. The van der Waals surface area contributed by atoms with Crippen molar-refractivity contribution in [3.63, 3.8) is 0 Å². The number of likely N-dealkylation sites (N-methyl/N-ethyl adjacent to an activating group) is 2. The SMILES string of the molecule is CC(C)(C)[SiH](c1ccccc1)c1ccccc1.CC(c1cc(C(=O)N(C)CCO)cc2c(=O)cc(N3CCOCC3)oc12)N(C)c1cc(F)cc(F)c1.CC(c1cc(C(=O)N(C)CCO)cc2c(=O)cc(N3CCOCC3)oc12)N(C)c1cc(F)cc(F)c1. The quantitative estimate of drug-likeness (QED) is 0.0693. The van der Waals surface area contributed by atoms with E-state index in [4.69, 9.17) is 18.3 Å². The number of rotatable bonds is 16. The molecule has 8 aromatic rings. The zero-order valence-electron chi connectivity index (χ0n) is 51.8. The topological polar surface area (TPSA) is 173 Å². The molecular weight excluding hydrogens is 1160 g/mol. The summed E-state index contributed by atoms with van der Waals surface area (Å²) in [7, 11) is 5.30. The van der Waals surface area contributed by atoms with Crippen LogP contribution >= 0.6 is 0 Å². The van der Waals surface area contributed by atoms with Crippen LogP contribution in [0.4, 0.5) is 40.7 Å². The molecule has 6 aromatic carbocycles. The highest BCUT2D eigenvalue weighted by Crippen LogP contribution is 2.36. The number of carbonyl (C=O) groups excluding carboxylic acids is 2. The smallest absolute Gasteiger partial charge is 0.253 e. The molecule has 2 atom stereocenters. The average molecular weight is 1240 g/mol. The van der Waals surface area contributed by atoms with Crippen LogP contribution < -0.4 is 40.8 Å². The van der Waals surface area contributed by atoms with E-state index < -0.39 is 44.1 Å². The number of ether oxygens (including phenoxy) is 2. The van der Waals surface area contributed by atoms with Gasteiger partial charge in [0.25, 0.3) is 11.8 Å². The van der Waals surface area contributed by atoms with Crippen LogP contribution in [0.2, 0.25) is 5.04 Å². The second kappa shape index (κ2) is 29.8. The van der Waals surface area contributed by atoms with Gasteiger partial charge in [0.1, 0.15) is 43.2 Å². The molecule has 2 saturated heterocycles. The van der Waals surface area contributed by atoms with Crippen LogP contribution in [-0.2, 0) is 9.47 Å². The molecule has 0 spiro atoms. The zero-order chi connectivity index (χ0) is 64.3. The van der Waals surface area contributed by atoms with Crippen LogP contribution in [0.5, 0.6) is 0 Å². The number of hydrogen-bond acceptors (Lipinski definition) is 14. The number of aliphatic hydroxyl groups excluding tert-OH is 2. The minimum Gasteiger partial charge on any atom is -0.440 e. The predicted molar refractivity (Wildman–Crippen MR) is 344 cm³/mol. The minimum absolute atomic E-state index is 0.120. The second-order valence-electron chi connectivity index (χ2n) is 23.3. The van der Waals surface area contributed by atoms with Gasteiger partial charge in [-0.15, -0.1) is 0 Å². The molecule has 2 aliphatic rings. The maximum Gasteiger partial charge on any atom is 0.253 e. The maximum atomic E-state index is 13.9. The van der Waals surface area contributed by atoms with Crippen molar-refractivity contribution < 1.29 is 55.7 Å². The van der Waals surface area contributed by atoms with Crippen LogP contribution in [0.3, 0.4) is 0 Å². The first kappa shape index (κ1) is 66.6. The Morgan fingerprint density at radius 1 is 0.528 bits per heavy atom. The molecule has 2 fully saturated rings. The van der Waals surface area contributed by atoms with Crippen molar-refractivity contribution in [1.29, 1.82) is 0 Å². The van der Waals surface area contributed by atoms with Gasteiger partial charge >= 0.3 is 0 Å². The third-order valence-corrected chi connectivity index (χ3v) is 19.9. The van der Waals surface area contributed by atoms with E-state index in [1.807, 2.05) is 9.80 Å². The largest absolute Gasteiger partial charge is 0.440 e. The maximum absolute atomic E-state index is 13.9. The fraction of sp³-hybridized carbons (Fsp3) is 0.353. The first-order valence-electron chi connectivity index (χ1n) is 29.6. The van der Waals surface area contributed by atoms with E-state index in [2.05, 4.69) is 81.4 Å². The Labute approximate surface area is 517 Å². The van der Waals surface area contributed by atoms with Gasteiger partial charge in [-0.2, -0.15) is 0 Å². The summed E-state index contributed by atoms with van der Waals surface area (Å²) in [5.74, 6) is -2.85. The molecule has 2 aliphatic heterocycles. The van der Waals surface area contributed by atoms with Crippen molar-refractivity contribution in [1.82, 2.24) is 9.80 Å². The number of fused-ring (bicyclic) bond motifs is 2. The molecule has 2 amide bonds. The molecule has 472 valence electrons. The number of benzene rings is 6. The Morgan fingerprint density at radius 3 is 1.18 bits per heavy atom. The number of anilines is 4. The molecule has 0 aliphatic carbocycles. The number of morpholine rings is 2. The van der Waals surface area contributed by atoms with Crippen LogP contribution in [0, 0.1) is 23.3 Å². The summed E-state index contributed by atoms with van der Waals surface area (Å²) >= 11 is 0. The molecule has 2 aromatic heterocycles. The van der Waals surface area contributed by atoms with Gasteiger partial charge in [-0.1, -0.05) is 91.8 Å². The molecule has 2 N–H and O–H groups in total. The molecule has 10 rings (SSSR count). The van der Waals surface area contributed by atoms with Gasteiger partial charge < -0.3 is 57.9 Å². The highest BCUT2D eigenvalue weighted by atomic mass is 28.3. The zero-order valence-corrected chi connectivity index (χ0v) is 52.9. The molecule has 0 radical (unpaired) electrons. The van der Waals surface area contributed by atoms with Gasteiger partial charge in [0.2, 0.25) is 0 Å². The van der Waals surface area contributed by atoms with Gasteiger partial charge in [0.15, 0.2) is 22.6 Å². The van der Waals surface area contributed by atoms with Gasteiger partial charge in [0.05, 0.1) is 62.5 Å². The summed E-state index contributed by atoms with van der Waals surface area (Å²) in [6.07, 6.45) is 0. The predicted octanol–water partition coefficient (Wildman–Crippen LogP) is 9.17. The monoisotopic (exact) mass is 1240 g/mol. The molecule has 0 bridgehead atoms. The van der Waals surface area contributed by atoms with Crippen LogP contribution in [-0.4, -0.2) is 148 Å². The average Bonchev–Trinajstić information content (AvgIpc) is 1.18. The Hall–Kier alpha value is -8.34. The molecule has 16 nitrogen and oxygen atoms in total. The molecule has 0 saturated carbocycles. The van der Waals surface area contributed by atoms with Crippen molar-refractivity contribution in [3.05, 3.63) is 199 Å². The highest BCUT2D eigenvalue weighted by molar-refractivity contribution is 6.87. The number of halogens is 4. The summed E-state index contributed by atoms with van der Waals surface area (Å²) in [5, 5.41) is 22.4. The molecule has 89 heavy (non-hydrogen) atoms. The molecular formula is C68H78F4N6O10Si. The number of carbonyl (C=O) groups is 2. The second-order valence-corrected chi connectivity index (χ2v) is 27.3. The Bertz CT molecular complexity index is 3580. The van der Waals surface area contributed by atoms with Crippen LogP contribution in [0.1, 0.15) is 78.5 Å². The first-order valence-corrected chi connectivity index (χ1v) is 31.3. The van der Waals surface area contributed by atoms with Crippen molar-refractivity contribution in [2.75, 3.05) is 127 Å². The number of nitrogens with zero attached hydrogens (tertiary/aromatic N) is 6. The minimum atomic E-state index is -1.14. The number of amides is 2. The van der Waals surface area contributed by atoms with E-state index >= 15 is 0 Å². The van der Waals surface area contributed by atoms with E-state index in [9.17, 15) is 47.0 Å². The summed E-state index contributed by atoms with van der Waals surface area (Å²) in [6.45, 7) is 14.8. The van der Waals surface area contributed by atoms with E-state index in [0.717, 1.165) is 12.1 Å². The standard InChI is InChI=1S/2C26H29F2N3O5.C16H20Si/c2*1-16(30(3)20-13-18(27)12-19(28)14-20)21-10-17(26(34)29(2)4-7-32)11-22-23(33)15-24(36-25(21)22)31-5-8-35-9-6-31;1-16(2,3)17(14-10-6-4-7-11-14)15-12-8-5-9-13-15/h2*10-16,32H,4-9H2,1-3H3;4-13,17H,1-3H3. The van der Waals surface area contributed by atoms with Gasteiger partial charge in [-0.05, 0) is 67.4 Å². The summed E-state index contributed by atoms with van der Waals surface area (Å²) in [6, 6.07) is 36.4. The fourth-order valence-electron chi connectivity index (χ4n) is 11.1. The number of hydrogen-bond donors (Lipinski definition) is 2. The van der Waals surface area contributed by atoms with Crippen LogP contribution in [0.15, 0.2) is 152 Å². The molecule has 2 unspecified atom stereocenters. The van der Waals surface area contributed by atoms with Gasteiger partial charge in [-0.3, -0.25) is 19.2 Å². The van der Waals surface area contributed by atoms with E-state index in [1.54, 1.807) is 64.0 Å². The van der Waals surface area contributed by atoms with Crippen LogP contribution in [0.25, 0.3) is 21.9 Å². The first-order chi connectivity index (χ1) is 42.5. The lowest BCUT2D eigenvalue weighted by Gasteiger charge is -2.30. The lowest BCUT2D eigenvalue weighted by molar-refractivity contribution is 0.0761. The molecule has 4 heterocycles. The third-order valence-electron chi connectivity index (χ3n) is 16.1. The van der Waals surface area contributed by atoms with Gasteiger partial charge in [0, 0.05) is 125 Å². The fourth-order valence-corrected chi connectivity index (χ4v) is 14.7. The van der Waals surface area contributed by atoms with E-state index in [0.29, 0.717) is 91.7 Å². The summed E-state index contributed by atoms with van der Waals surface area (Å²) in [4.78, 5) is 62.4. The van der Waals surface area contributed by atoms with Crippen molar-refractivity contribution in [2.24, 2.45) is 0 Å². The number of aliphatic hydroxyl groups is 2. The Balaban J connectivity index is 0.000000184. The Kier molecular flexibility index (Phi) is 22.3. The van der Waals surface area contributed by atoms with E-state index in [1.165, 1.54) is 68.7 Å². The van der Waals surface area contributed by atoms with Crippen molar-refractivity contribution >= 4 is 76.1 Å². The van der Waals surface area contributed by atoms with Gasteiger partial charge in [-0.25, -0.2) is 17.6 Å². The third kappa shape index (κ3) is 16.3. The van der Waals surface area contributed by atoms with Crippen molar-refractivity contribution in [3.8, 4) is 0 Å². The Morgan fingerprint density at radius 2 is 0.865 bits per heavy atom. The highest BCUT2D eigenvalue weighted by Gasteiger charge is 2.30. The molecule has 21 heteroatoms. The van der Waals surface area contributed by atoms with E-state index in [-0.39, 0.29) is 82.2 Å². The lowest BCUT2D eigenvalue weighted by atomic mass is 9.99. The normalized spacial score (nSPS) is 14.1.